The van der Waals surface area contributed by atoms with Crippen molar-refractivity contribution in [3.05, 3.63) is 40.9 Å². The normalized spacial score (nSPS) is 32.3. The number of para-hydroxylation sites is 1. The molecule has 2 aliphatic rings. The standard InChI is InChI=1S/C16H18N2O5/c1-16(2)22-12-11(7-19)21-15(13(12)23-16)18-8-17-14(20)9-5-3-4-6-10(9)18/h3-6,8,11-13,15,19H,7H2,1-2H3/t11-,12-,13-,15-/m1/s1. The third-order valence-electron chi connectivity index (χ3n) is 4.29. The first kappa shape index (κ1) is 14.8. The number of hydrogen-bond donors (Lipinski definition) is 1. The van der Waals surface area contributed by atoms with Crippen molar-refractivity contribution in [3.63, 3.8) is 0 Å². The van der Waals surface area contributed by atoms with Crippen molar-refractivity contribution >= 4 is 10.9 Å². The minimum absolute atomic E-state index is 0.164. The Morgan fingerprint density at radius 3 is 2.78 bits per heavy atom. The first-order valence-electron chi connectivity index (χ1n) is 7.58. The molecule has 1 aromatic carbocycles. The fourth-order valence-corrected chi connectivity index (χ4v) is 3.36. The average Bonchev–Trinajstić information content (AvgIpc) is 3.01. The smallest absolute Gasteiger partial charge is 0.280 e. The van der Waals surface area contributed by atoms with Crippen molar-refractivity contribution in [1.29, 1.82) is 0 Å². The predicted octanol–water partition coefficient (Wildman–Crippen LogP) is 0.806. The molecular formula is C16H18N2O5. The van der Waals surface area contributed by atoms with Crippen molar-refractivity contribution in [2.24, 2.45) is 0 Å². The lowest BCUT2D eigenvalue weighted by Gasteiger charge is -2.25. The fourth-order valence-electron chi connectivity index (χ4n) is 3.36. The molecular weight excluding hydrogens is 300 g/mol. The van der Waals surface area contributed by atoms with Crippen molar-refractivity contribution in [1.82, 2.24) is 9.55 Å². The fraction of sp³-hybridized carbons (Fsp3) is 0.500. The van der Waals surface area contributed by atoms with Crippen LogP contribution in [0.15, 0.2) is 35.4 Å². The van der Waals surface area contributed by atoms with Gasteiger partial charge in [-0.1, -0.05) is 12.1 Å². The Bertz CT molecular complexity index is 802. The zero-order valence-corrected chi connectivity index (χ0v) is 12.9. The largest absolute Gasteiger partial charge is 0.394 e. The molecule has 2 fully saturated rings. The number of rotatable bonds is 2. The Hall–Kier alpha value is -1.80. The van der Waals surface area contributed by atoms with Gasteiger partial charge in [0.25, 0.3) is 5.56 Å². The van der Waals surface area contributed by atoms with E-state index in [2.05, 4.69) is 4.98 Å². The topological polar surface area (TPSA) is 82.8 Å². The maximum atomic E-state index is 11.9. The van der Waals surface area contributed by atoms with E-state index in [-0.39, 0.29) is 24.4 Å². The summed E-state index contributed by atoms with van der Waals surface area (Å²) in [5.74, 6) is -0.743. The highest BCUT2D eigenvalue weighted by molar-refractivity contribution is 5.77. The van der Waals surface area contributed by atoms with Gasteiger partial charge in [-0.3, -0.25) is 4.79 Å². The van der Waals surface area contributed by atoms with E-state index < -0.39 is 18.1 Å². The Morgan fingerprint density at radius 2 is 2.00 bits per heavy atom. The highest BCUT2D eigenvalue weighted by Gasteiger charge is 2.55. The molecule has 0 unspecified atom stereocenters. The molecule has 122 valence electrons. The first-order chi connectivity index (χ1) is 11.0. The lowest BCUT2D eigenvalue weighted by atomic mass is 10.1. The molecule has 7 nitrogen and oxygen atoms in total. The van der Waals surface area contributed by atoms with Crippen LogP contribution < -0.4 is 5.56 Å². The van der Waals surface area contributed by atoms with E-state index in [1.54, 1.807) is 16.7 Å². The van der Waals surface area contributed by atoms with Crippen LogP contribution in [-0.4, -0.2) is 45.4 Å². The van der Waals surface area contributed by atoms with Crippen molar-refractivity contribution < 1.29 is 19.3 Å². The summed E-state index contributed by atoms with van der Waals surface area (Å²) in [6.07, 6.45) is -0.282. The van der Waals surface area contributed by atoms with Crippen molar-refractivity contribution in [2.45, 2.75) is 44.2 Å². The van der Waals surface area contributed by atoms with Gasteiger partial charge in [-0.05, 0) is 26.0 Å². The summed E-state index contributed by atoms with van der Waals surface area (Å²) in [6.45, 7) is 3.50. The van der Waals surface area contributed by atoms with E-state index in [9.17, 15) is 9.90 Å². The summed E-state index contributed by atoms with van der Waals surface area (Å²) in [5.41, 5.74) is 0.428. The van der Waals surface area contributed by atoms with Crippen LogP contribution in [0.4, 0.5) is 0 Å². The summed E-state index contributed by atoms with van der Waals surface area (Å²) in [4.78, 5) is 15.9. The van der Waals surface area contributed by atoms with Gasteiger partial charge in [-0.2, -0.15) is 4.98 Å². The van der Waals surface area contributed by atoms with Gasteiger partial charge in [0.2, 0.25) is 0 Å². The van der Waals surface area contributed by atoms with Gasteiger partial charge < -0.3 is 23.9 Å². The number of ether oxygens (including phenoxy) is 3. The number of fused-ring (bicyclic) bond motifs is 2. The molecule has 1 N–H and O–H groups in total. The van der Waals surface area contributed by atoms with Crippen LogP contribution in [0.25, 0.3) is 10.9 Å². The molecule has 4 atom stereocenters. The lowest BCUT2D eigenvalue weighted by molar-refractivity contribution is -0.199. The second-order valence-corrected chi connectivity index (χ2v) is 6.29. The summed E-state index contributed by atoms with van der Waals surface area (Å²) >= 11 is 0. The number of benzene rings is 1. The van der Waals surface area contributed by atoms with Crippen LogP contribution in [0.3, 0.4) is 0 Å². The molecule has 0 aliphatic carbocycles. The quantitative estimate of drug-likeness (QED) is 0.882. The van der Waals surface area contributed by atoms with Crippen LogP contribution in [0.1, 0.15) is 20.1 Å². The minimum atomic E-state index is -0.743. The van der Waals surface area contributed by atoms with Gasteiger partial charge in [-0.25, -0.2) is 0 Å². The molecule has 23 heavy (non-hydrogen) atoms. The number of hydrogen-bond acceptors (Lipinski definition) is 6. The molecule has 3 heterocycles. The second kappa shape index (κ2) is 5.10. The van der Waals surface area contributed by atoms with E-state index in [0.717, 1.165) is 0 Å². The summed E-state index contributed by atoms with van der Waals surface area (Å²) in [5, 5.41) is 10.1. The van der Waals surface area contributed by atoms with Crippen LogP contribution in [0.5, 0.6) is 0 Å². The molecule has 0 radical (unpaired) electrons. The highest BCUT2D eigenvalue weighted by Crippen LogP contribution is 2.43. The number of aliphatic hydroxyl groups excluding tert-OH is 1. The Kier molecular flexibility index (Phi) is 3.28. The molecule has 2 aliphatic heterocycles. The maximum absolute atomic E-state index is 11.9. The van der Waals surface area contributed by atoms with Crippen LogP contribution >= 0.6 is 0 Å². The zero-order chi connectivity index (χ0) is 16.2. The number of aromatic nitrogens is 2. The van der Waals surface area contributed by atoms with E-state index >= 15 is 0 Å². The summed E-state index contributed by atoms with van der Waals surface area (Å²) < 4.78 is 19.5. The molecule has 0 amide bonds. The molecule has 2 saturated heterocycles. The van der Waals surface area contributed by atoms with Gasteiger partial charge in [0.05, 0.1) is 17.5 Å². The van der Waals surface area contributed by atoms with E-state index in [4.69, 9.17) is 14.2 Å². The molecule has 1 aromatic heterocycles. The molecule has 2 aromatic rings. The third kappa shape index (κ3) is 2.28. The van der Waals surface area contributed by atoms with E-state index in [1.165, 1.54) is 6.33 Å². The van der Waals surface area contributed by atoms with Crippen molar-refractivity contribution in [3.8, 4) is 0 Å². The number of aliphatic hydroxyl groups is 1. The highest BCUT2D eigenvalue weighted by atomic mass is 16.8. The second-order valence-electron chi connectivity index (χ2n) is 6.29. The zero-order valence-electron chi connectivity index (χ0n) is 12.9. The molecule has 0 spiro atoms. The van der Waals surface area contributed by atoms with Gasteiger partial charge in [0.1, 0.15) is 24.6 Å². The first-order valence-corrected chi connectivity index (χ1v) is 7.58. The molecule has 0 bridgehead atoms. The van der Waals surface area contributed by atoms with Crippen LogP contribution in [-0.2, 0) is 14.2 Å². The van der Waals surface area contributed by atoms with Crippen LogP contribution in [0.2, 0.25) is 0 Å². The Balaban J connectivity index is 1.82. The van der Waals surface area contributed by atoms with Crippen molar-refractivity contribution in [2.75, 3.05) is 6.61 Å². The van der Waals surface area contributed by atoms with E-state index in [1.807, 2.05) is 26.0 Å². The monoisotopic (exact) mass is 318 g/mol. The summed E-state index contributed by atoms with van der Waals surface area (Å²) in [6, 6.07) is 7.21. The van der Waals surface area contributed by atoms with Gasteiger partial charge in [-0.15, -0.1) is 0 Å². The van der Waals surface area contributed by atoms with Gasteiger partial charge in [0.15, 0.2) is 12.0 Å². The number of nitrogens with zero attached hydrogens (tertiary/aromatic N) is 2. The lowest BCUT2D eigenvalue weighted by Crippen LogP contribution is -2.31. The average molecular weight is 318 g/mol. The van der Waals surface area contributed by atoms with Gasteiger partial charge >= 0.3 is 0 Å². The third-order valence-corrected chi connectivity index (χ3v) is 4.29. The molecule has 4 rings (SSSR count). The van der Waals surface area contributed by atoms with Crippen LogP contribution in [0, 0.1) is 0 Å². The Morgan fingerprint density at radius 1 is 1.26 bits per heavy atom. The minimum Gasteiger partial charge on any atom is -0.394 e. The SMILES string of the molecule is CC1(C)O[C@@H]2[C@H](O1)[C@@H](CO)O[C@H]2n1cnc(=O)c2ccccc21. The Labute approximate surface area is 132 Å². The van der Waals surface area contributed by atoms with E-state index in [0.29, 0.717) is 10.9 Å². The predicted molar refractivity (Wildman–Crippen MR) is 80.8 cm³/mol. The molecule has 0 saturated carbocycles. The van der Waals surface area contributed by atoms with Gasteiger partial charge in [0, 0.05) is 0 Å². The maximum Gasteiger partial charge on any atom is 0.280 e. The molecule has 7 heteroatoms. The summed E-state index contributed by atoms with van der Waals surface area (Å²) in [7, 11) is 0.